The second-order valence-electron chi connectivity index (χ2n) is 3.79. The van der Waals surface area contributed by atoms with E-state index in [4.69, 9.17) is 10.3 Å². The van der Waals surface area contributed by atoms with Crippen LogP contribution in [0.3, 0.4) is 0 Å². The first-order chi connectivity index (χ1) is 7.70. The standard InChI is InChI=1S/C12H15N3O/c1-3-10-6-9(4-5-14-10)11-7-12(8(2)13)16-15-11/h4-8H,3,13H2,1-2H3. The molecule has 2 heterocycles. The van der Waals surface area contributed by atoms with Crippen molar-refractivity contribution < 1.29 is 4.52 Å². The quantitative estimate of drug-likeness (QED) is 0.856. The minimum absolute atomic E-state index is 0.131. The zero-order valence-electron chi connectivity index (χ0n) is 9.47. The highest BCUT2D eigenvalue weighted by molar-refractivity contribution is 5.58. The topological polar surface area (TPSA) is 64.9 Å². The molecule has 2 aromatic heterocycles. The van der Waals surface area contributed by atoms with Crippen molar-refractivity contribution in [3.05, 3.63) is 35.9 Å². The molecule has 0 saturated carbocycles. The Hall–Kier alpha value is -1.68. The van der Waals surface area contributed by atoms with Crippen LogP contribution in [0.1, 0.15) is 31.3 Å². The zero-order chi connectivity index (χ0) is 11.5. The minimum atomic E-state index is -0.131. The summed E-state index contributed by atoms with van der Waals surface area (Å²) in [6.45, 7) is 3.94. The number of rotatable bonds is 3. The van der Waals surface area contributed by atoms with Crippen molar-refractivity contribution in [3.8, 4) is 11.3 Å². The van der Waals surface area contributed by atoms with Crippen LogP contribution in [-0.4, -0.2) is 10.1 Å². The molecule has 0 spiro atoms. The molecule has 16 heavy (non-hydrogen) atoms. The van der Waals surface area contributed by atoms with E-state index in [1.165, 1.54) is 0 Å². The Morgan fingerprint density at radius 1 is 1.44 bits per heavy atom. The predicted molar refractivity (Wildman–Crippen MR) is 61.7 cm³/mol. The fourth-order valence-electron chi connectivity index (χ4n) is 1.47. The lowest BCUT2D eigenvalue weighted by Crippen LogP contribution is -2.02. The third-order valence-corrected chi connectivity index (χ3v) is 2.45. The number of nitrogens with two attached hydrogens (primary N) is 1. The van der Waals surface area contributed by atoms with Crippen molar-refractivity contribution in [2.45, 2.75) is 26.3 Å². The molecule has 0 saturated heterocycles. The molecule has 0 amide bonds. The first kappa shape index (κ1) is 10.8. The molecule has 2 aromatic rings. The summed E-state index contributed by atoms with van der Waals surface area (Å²) in [6.07, 6.45) is 2.69. The molecule has 1 atom stereocenters. The van der Waals surface area contributed by atoms with Crippen molar-refractivity contribution in [3.63, 3.8) is 0 Å². The Balaban J connectivity index is 2.34. The molecule has 0 fully saturated rings. The van der Waals surface area contributed by atoms with Crippen molar-refractivity contribution >= 4 is 0 Å². The van der Waals surface area contributed by atoms with Crippen molar-refractivity contribution in [2.75, 3.05) is 0 Å². The molecule has 1 unspecified atom stereocenters. The van der Waals surface area contributed by atoms with E-state index < -0.39 is 0 Å². The number of aryl methyl sites for hydroxylation is 1. The lowest BCUT2D eigenvalue weighted by Gasteiger charge is -1.98. The maximum atomic E-state index is 5.72. The molecule has 0 aliphatic heterocycles. The first-order valence-electron chi connectivity index (χ1n) is 5.38. The van der Waals surface area contributed by atoms with Crippen LogP contribution in [-0.2, 0) is 6.42 Å². The fraction of sp³-hybridized carbons (Fsp3) is 0.333. The number of aromatic nitrogens is 2. The van der Waals surface area contributed by atoms with E-state index in [0.717, 1.165) is 23.4 Å². The fourth-order valence-corrected chi connectivity index (χ4v) is 1.47. The molecule has 4 nitrogen and oxygen atoms in total. The molecular weight excluding hydrogens is 202 g/mol. The largest absolute Gasteiger partial charge is 0.359 e. The molecule has 4 heteroatoms. The summed E-state index contributed by atoms with van der Waals surface area (Å²) >= 11 is 0. The van der Waals surface area contributed by atoms with Gasteiger partial charge in [0, 0.05) is 23.5 Å². The molecule has 2 N–H and O–H groups in total. The SMILES string of the molecule is CCc1cc(-c2cc(C(C)N)on2)ccn1. The van der Waals surface area contributed by atoms with Gasteiger partial charge in [0.15, 0.2) is 5.76 Å². The highest BCUT2D eigenvalue weighted by Gasteiger charge is 2.09. The Morgan fingerprint density at radius 2 is 2.25 bits per heavy atom. The minimum Gasteiger partial charge on any atom is -0.359 e. The molecule has 0 bridgehead atoms. The van der Waals surface area contributed by atoms with Gasteiger partial charge in [-0.2, -0.15) is 0 Å². The average Bonchev–Trinajstić information content (AvgIpc) is 2.78. The zero-order valence-corrected chi connectivity index (χ0v) is 9.47. The first-order valence-corrected chi connectivity index (χ1v) is 5.38. The molecule has 84 valence electrons. The predicted octanol–water partition coefficient (Wildman–Crippen LogP) is 2.32. The summed E-state index contributed by atoms with van der Waals surface area (Å²) in [5.74, 6) is 0.699. The van der Waals surface area contributed by atoms with E-state index in [-0.39, 0.29) is 6.04 Å². The van der Waals surface area contributed by atoms with Crippen molar-refractivity contribution in [1.29, 1.82) is 0 Å². The van der Waals surface area contributed by atoms with Crippen LogP contribution >= 0.6 is 0 Å². The molecule has 0 aromatic carbocycles. The Morgan fingerprint density at radius 3 is 2.88 bits per heavy atom. The van der Waals surface area contributed by atoms with Gasteiger partial charge in [0.2, 0.25) is 0 Å². The number of hydrogen-bond donors (Lipinski definition) is 1. The van der Waals surface area contributed by atoms with Crippen LogP contribution in [0, 0.1) is 0 Å². The number of hydrogen-bond acceptors (Lipinski definition) is 4. The van der Waals surface area contributed by atoms with E-state index in [2.05, 4.69) is 17.1 Å². The Bertz CT molecular complexity index is 477. The average molecular weight is 217 g/mol. The lowest BCUT2D eigenvalue weighted by molar-refractivity contribution is 0.369. The Labute approximate surface area is 94.5 Å². The van der Waals surface area contributed by atoms with Gasteiger partial charge in [-0.25, -0.2) is 0 Å². The van der Waals surface area contributed by atoms with Crippen LogP contribution in [0.2, 0.25) is 0 Å². The third kappa shape index (κ3) is 2.12. The van der Waals surface area contributed by atoms with Gasteiger partial charge < -0.3 is 10.3 Å². The maximum absolute atomic E-state index is 5.72. The summed E-state index contributed by atoms with van der Waals surface area (Å²) < 4.78 is 5.16. The molecule has 0 radical (unpaired) electrons. The van der Waals surface area contributed by atoms with Crippen LogP contribution in [0.4, 0.5) is 0 Å². The third-order valence-electron chi connectivity index (χ3n) is 2.45. The second kappa shape index (κ2) is 4.45. The van der Waals surface area contributed by atoms with E-state index in [1.807, 2.05) is 25.1 Å². The second-order valence-corrected chi connectivity index (χ2v) is 3.79. The maximum Gasteiger partial charge on any atom is 0.153 e. The number of nitrogens with zero attached hydrogens (tertiary/aromatic N) is 2. The van der Waals surface area contributed by atoms with Crippen LogP contribution in [0.25, 0.3) is 11.3 Å². The summed E-state index contributed by atoms with van der Waals surface area (Å²) in [7, 11) is 0. The van der Waals surface area contributed by atoms with E-state index in [0.29, 0.717) is 5.76 Å². The molecular formula is C12H15N3O. The summed E-state index contributed by atoms with van der Waals surface area (Å²) in [4.78, 5) is 4.24. The van der Waals surface area contributed by atoms with Gasteiger partial charge in [0.05, 0.1) is 6.04 Å². The van der Waals surface area contributed by atoms with E-state index >= 15 is 0 Å². The van der Waals surface area contributed by atoms with E-state index in [1.54, 1.807) is 6.20 Å². The van der Waals surface area contributed by atoms with Gasteiger partial charge in [0.1, 0.15) is 5.69 Å². The number of pyridine rings is 1. The summed E-state index contributed by atoms with van der Waals surface area (Å²) in [6, 6.07) is 5.68. The summed E-state index contributed by atoms with van der Waals surface area (Å²) in [5, 5.41) is 4.00. The lowest BCUT2D eigenvalue weighted by atomic mass is 10.1. The molecule has 2 rings (SSSR count). The van der Waals surface area contributed by atoms with Gasteiger partial charge in [-0.3, -0.25) is 4.98 Å². The van der Waals surface area contributed by atoms with Gasteiger partial charge >= 0.3 is 0 Å². The van der Waals surface area contributed by atoms with Crippen LogP contribution < -0.4 is 5.73 Å². The summed E-state index contributed by atoms with van der Waals surface area (Å²) in [5.41, 5.74) is 8.59. The highest BCUT2D eigenvalue weighted by Crippen LogP contribution is 2.21. The normalized spacial score (nSPS) is 12.7. The monoisotopic (exact) mass is 217 g/mol. The van der Waals surface area contributed by atoms with E-state index in [9.17, 15) is 0 Å². The van der Waals surface area contributed by atoms with Crippen molar-refractivity contribution in [1.82, 2.24) is 10.1 Å². The smallest absolute Gasteiger partial charge is 0.153 e. The Kier molecular flexibility index (Phi) is 3.01. The van der Waals surface area contributed by atoms with Crippen LogP contribution in [0.5, 0.6) is 0 Å². The molecule has 0 aliphatic carbocycles. The van der Waals surface area contributed by atoms with Gasteiger partial charge in [0.25, 0.3) is 0 Å². The molecule has 0 aliphatic rings. The van der Waals surface area contributed by atoms with Crippen molar-refractivity contribution in [2.24, 2.45) is 5.73 Å². The van der Waals surface area contributed by atoms with Gasteiger partial charge in [-0.05, 0) is 25.5 Å². The van der Waals surface area contributed by atoms with Gasteiger partial charge in [-0.1, -0.05) is 12.1 Å². The highest BCUT2D eigenvalue weighted by atomic mass is 16.5. The van der Waals surface area contributed by atoms with Gasteiger partial charge in [-0.15, -0.1) is 0 Å². The van der Waals surface area contributed by atoms with Crippen LogP contribution in [0.15, 0.2) is 28.9 Å².